The van der Waals surface area contributed by atoms with E-state index in [1.165, 1.54) is 0 Å². The summed E-state index contributed by atoms with van der Waals surface area (Å²) in [6, 6.07) is 5.13. The van der Waals surface area contributed by atoms with Crippen LogP contribution in [-0.2, 0) is 6.42 Å². The highest BCUT2D eigenvalue weighted by molar-refractivity contribution is 6.30. The van der Waals surface area contributed by atoms with Crippen molar-refractivity contribution in [1.29, 1.82) is 0 Å². The van der Waals surface area contributed by atoms with Crippen LogP contribution in [0.2, 0.25) is 5.02 Å². The van der Waals surface area contributed by atoms with Crippen molar-refractivity contribution in [1.82, 2.24) is 0 Å². The number of benzene rings is 1. The Morgan fingerprint density at radius 2 is 2.18 bits per heavy atom. The average molecular weight is 171 g/mol. The third kappa shape index (κ3) is 2.12. The third-order valence-corrected chi connectivity index (χ3v) is 1.80. The maximum atomic E-state index is 9.31. The highest BCUT2D eigenvalue weighted by Gasteiger charge is 1.99. The fraction of sp³-hybridized carbons (Fsp3) is 0.333. The number of phenols is 1. The SMILES string of the molecule is CCCc1cc(Cl)ccc1O. The summed E-state index contributed by atoms with van der Waals surface area (Å²) in [5.74, 6) is 0.344. The summed E-state index contributed by atoms with van der Waals surface area (Å²) in [5.41, 5.74) is 0.931. The van der Waals surface area contributed by atoms with Gasteiger partial charge < -0.3 is 5.11 Å². The van der Waals surface area contributed by atoms with Gasteiger partial charge in [0.1, 0.15) is 5.75 Å². The Labute approximate surface area is 71.6 Å². The van der Waals surface area contributed by atoms with Gasteiger partial charge in [-0.25, -0.2) is 0 Å². The topological polar surface area (TPSA) is 20.2 Å². The van der Waals surface area contributed by atoms with E-state index in [2.05, 4.69) is 6.92 Å². The number of hydrogen-bond donors (Lipinski definition) is 1. The molecule has 0 saturated heterocycles. The van der Waals surface area contributed by atoms with Gasteiger partial charge in [0.25, 0.3) is 0 Å². The molecule has 0 heterocycles. The number of phenolic OH excluding ortho intramolecular Hbond substituents is 1. The van der Waals surface area contributed by atoms with Crippen LogP contribution in [0.1, 0.15) is 18.9 Å². The molecule has 0 unspecified atom stereocenters. The first-order valence-corrected chi connectivity index (χ1v) is 4.09. The van der Waals surface area contributed by atoms with Gasteiger partial charge in [-0.3, -0.25) is 0 Å². The van der Waals surface area contributed by atoms with Gasteiger partial charge in [0.15, 0.2) is 0 Å². The van der Waals surface area contributed by atoms with Crippen LogP contribution in [0.5, 0.6) is 5.75 Å². The van der Waals surface area contributed by atoms with E-state index in [0.29, 0.717) is 10.8 Å². The smallest absolute Gasteiger partial charge is 0.118 e. The molecule has 0 aromatic heterocycles. The Morgan fingerprint density at radius 1 is 1.45 bits per heavy atom. The van der Waals surface area contributed by atoms with E-state index in [4.69, 9.17) is 11.6 Å². The molecule has 11 heavy (non-hydrogen) atoms. The molecule has 1 aromatic rings. The summed E-state index contributed by atoms with van der Waals surface area (Å²) in [5, 5.41) is 9.99. The minimum Gasteiger partial charge on any atom is -0.508 e. The number of hydrogen-bond acceptors (Lipinski definition) is 1. The summed E-state index contributed by atoms with van der Waals surface area (Å²) < 4.78 is 0. The fourth-order valence-electron chi connectivity index (χ4n) is 1.02. The molecule has 0 aliphatic rings. The molecule has 0 bridgehead atoms. The van der Waals surface area contributed by atoms with Crippen LogP contribution < -0.4 is 0 Å². The van der Waals surface area contributed by atoms with Crippen molar-refractivity contribution in [3.05, 3.63) is 28.8 Å². The van der Waals surface area contributed by atoms with Gasteiger partial charge in [0, 0.05) is 5.02 Å². The molecule has 2 heteroatoms. The standard InChI is InChI=1S/C9H11ClO/c1-2-3-7-6-8(10)4-5-9(7)11/h4-6,11H,2-3H2,1H3. The van der Waals surface area contributed by atoms with Gasteiger partial charge >= 0.3 is 0 Å². The van der Waals surface area contributed by atoms with Crippen molar-refractivity contribution in [2.24, 2.45) is 0 Å². The van der Waals surface area contributed by atoms with Gasteiger partial charge in [-0.05, 0) is 30.2 Å². The van der Waals surface area contributed by atoms with Crippen LogP contribution in [0, 0.1) is 0 Å². The van der Waals surface area contributed by atoms with Crippen LogP contribution in [0.25, 0.3) is 0 Å². The second kappa shape index (κ2) is 3.63. The average Bonchev–Trinajstić information content (AvgIpc) is 1.98. The number of halogens is 1. The predicted molar refractivity (Wildman–Crippen MR) is 47.1 cm³/mol. The summed E-state index contributed by atoms with van der Waals surface area (Å²) in [7, 11) is 0. The van der Waals surface area contributed by atoms with Crippen molar-refractivity contribution in [2.45, 2.75) is 19.8 Å². The zero-order valence-corrected chi connectivity index (χ0v) is 7.23. The minimum atomic E-state index is 0.344. The van der Waals surface area contributed by atoms with E-state index in [1.54, 1.807) is 18.2 Å². The Balaban J connectivity index is 2.93. The zero-order chi connectivity index (χ0) is 8.27. The van der Waals surface area contributed by atoms with Crippen molar-refractivity contribution >= 4 is 11.6 Å². The molecular formula is C9H11ClO. The Hall–Kier alpha value is -0.690. The molecule has 1 rings (SSSR count). The lowest BCUT2D eigenvalue weighted by Gasteiger charge is -2.01. The zero-order valence-electron chi connectivity index (χ0n) is 6.47. The van der Waals surface area contributed by atoms with E-state index in [1.807, 2.05) is 0 Å². The molecular weight excluding hydrogens is 160 g/mol. The van der Waals surface area contributed by atoms with Crippen molar-refractivity contribution in [2.75, 3.05) is 0 Å². The van der Waals surface area contributed by atoms with Gasteiger partial charge in [0.2, 0.25) is 0 Å². The number of aryl methyl sites for hydroxylation is 1. The molecule has 0 atom stereocenters. The lowest BCUT2D eigenvalue weighted by Crippen LogP contribution is -1.83. The summed E-state index contributed by atoms with van der Waals surface area (Å²) in [6.45, 7) is 2.07. The predicted octanol–water partition coefficient (Wildman–Crippen LogP) is 3.00. The van der Waals surface area contributed by atoms with Crippen LogP contribution in [0.4, 0.5) is 0 Å². The van der Waals surface area contributed by atoms with E-state index < -0.39 is 0 Å². The first-order chi connectivity index (χ1) is 5.24. The molecule has 60 valence electrons. The maximum Gasteiger partial charge on any atom is 0.118 e. The molecule has 1 N–H and O–H groups in total. The second-order valence-electron chi connectivity index (χ2n) is 2.52. The molecule has 0 saturated carbocycles. The third-order valence-electron chi connectivity index (χ3n) is 1.56. The van der Waals surface area contributed by atoms with Gasteiger partial charge in [-0.1, -0.05) is 24.9 Å². The molecule has 0 amide bonds. The fourth-order valence-corrected chi connectivity index (χ4v) is 1.22. The normalized spacial score (nSPS) is 10.0. The van der Waals surface area contributed by atoms with Gasteiger partial charge in [0.05, 0.1) is 0 Å². The van der Waals surface area contributed by atoms with Crippen molar-refractivity contribution < 1.29 is 5.11 Å². The largest absolute Gasteiger partial charge is 0.508 e. The highest BCUT2D eigenvalue weighted by Crippen LogP contribution is 2.22. The van der Waals surface area contributed by atoms with E-state index in [0.717, 1.165) is 18.4 Å². The molecule has 0 radical (unpaired) electrons. The first kappa shape index (κ1) is 8.41. The number of rotatable bonds is 2. The molecule has 0 fully saturated rings. The van der Waals surface area contributed by atoms with Crippen LogP contribution in [-0.4, -0.2) is 5.11 Å². The van der Waals surface area contributed by atoms with E-state index >= 15 is 0 Å². The lowest BCUT2D eigenvalue weighted by atomic mass is 10.1. The van der Waals surface area contributed by atoms with Crippen molar-refractivity contribution in [3.8, 4) is 5.75 Å². The van der Waals surface area contributed by atoms with Crippen LogP contribution in [0.3, 0.4) is 0 Å². The molecule has 0 aliphatic carbocycles. The highest BCUT2D eigenvalue weighted by atomic mass is 35.5. The van der Waals surface area contributed by atoms with E-state index in [-0.39, 0.29) is 0 Å². The molecule has 0 spiro atoms. The van der Waals surface area contributed by atoms with Crippen LogP contribution in [0.15, 0.2) is 18.2 Å². The maximum absolute atomic E-state index is 9.31. The van der Waals surface area contributed by atoms with Gasteiger partial charge in [-0.15, -0.1) is 0 Å². The Morgan fingerprint density at radius 3 is 2.82 bits per heavy atom. The molecule has 0 aliphatic heterocycles. The quantitative estimate of drug-likeness (QED) is 0.724. The summed E-state index contributed by atoms with van der Waals surface area (Å²) in [4.78, 5) is 0. The Kier molecular flexibility index (Phi) is 2.77. The van der Waals surface area contributed by atoms with Gasteiger partial charge in [-0.2, -0.15) is 0 Å². The van der Waals surface area contributed by atoms with E-state index in [9.17, 15) is 5.11 Å². The molecule has 1 nitrogen and oxygen atoms in total. The minimum absolute atomic E-state index is 0.344. The summed E-state index contributed by atoms with van der Waals surface area (Å²) in [6.07, 6.45) is 1.90. The molecule has 1 aromatic carbocycles. The lowest BCUT2D eigenvalue weighted by molar-refractivity contribution is 0.467. The van der Waals surface area contributed by atoms with Crippen LogP contribution >= 0.6 is 11.6 Å². The first-order valence-electron chi connectivity index (χ1n) is 3.71. The summed E-state index contributed by atoms with van der Waals surface area (Å²) >= 11 is 5.74. The monoisotopic (exact) mass is 170 g/mol. The number of aromatic hydroxyl groups is 1. The second-order valence-corrected chi connectivity index (χ2v) is 2.96. The Bertz CT molecular complexity index is 245. The van der Waals surface area contributed by atoms with Crippen molar-refractivity contribution in [3.63, 3.8) is 0 Å².